The summed E-state index contributed by atoms with van der Waals surface area (Å²) in [4.78, 5) is 51.4. The number of Topliss-reactive ketones (excluding diaryl/α,β-unsaturated/α-hetero) is 1. The van der Waals surface area contributed by atoms with Crippen LogP contribution in [0.25, 0.3) is 0 Å². The molecule has 5 N–H and O–H groups in total. The Hall–Kier alpha value is -3.54. The van der Waals surface area contributed by atoms with Crippen LogP contribution in [0.4, 0.5) is 4.79 Å². The summed E-state index contributed by atoms with van der Waals surface area (Å²) in [6.45, 7) is 11.0. The van der Waals surface area contributed by atoms with E-state index in [1.54, 1.807) is 32.1 Å². The number of aliphatic hydroxyl groups excluding tert-OH is 1. The highest BCUT2D eigenvalue weighted by Gasteiger charge is 2.33. The molecule has 11 nitrogen and oxygen atoms in total. The zero-order valence-electron chi connectivity index (χ0n) is 25.4. The fourth-order valence-corrected chi connectivity index (χ4v) is 5.26. The molecule has 2 rings (SSSR count). The molecule has 1 heterocycles. The van der Waals surface area contributed by atoms with E-state index in [0.29, 0.717) is 30.4 Å². The number of amides is 2. The normalized spacial score (nSPS) is 31.2. The fraction of sp³-hybridized carbons (Fsp3) is 0.548. The number of hydrogen-bond acceptors (Lipinski definition) is 9. The summed E-state index contributed by atoms with van der Waals surface area (Å²) in [6.07, 6.45) is 3.53. The van der Waals surface area contributed by atoms with Gasteiger partial charge < -0.3 is 35.7 Å². The zero-order valence-corrected chi connectivity index (χ0v) is 25.4. The lowest BCUT2D eigenvalue weighted by Gasteiger charge is -2.30. The molecule has 232 valence electrons. The Bertz CT molecular complexity index is 1170. The van der Waals surface area contributed by atoms with Gasteiger partial charge in [-0.2, -0.15) is 0 Å². The second-order valence-corrected chi connectivity index (χ2v) is 10.9. The molecule has 0 unspecified atom stereocenters. The third-order valence-corrected chi connectivity index (χ3v) is 7.54. The first kappa shape index (κ1) is 34.7. The van der Waals surface area contributed by atoms with E-state index >= 15 is 0 Å². The molecular weight excluding hydrogens is 542 g/mol. The Morgan fingerprint density at radius 1 is 1.19 bits per heavy atom. The van der Waals surface area contributed by atoms with Crippen LogP contribution in [0.15, 0.2) is 59.0 Å². The first-order valence-corrected chi connectivity index (χ1v) is 14.1. The Labute approximate surface area is 247 Å². The van der Waals surface area contributed by atoms with Crippen molar-refractivity contribution < 1.29 is 38.5 Å². The lowest BCUT2D eigenvalue weighted by Crippen LogP contribution is -2.38. The van der Waals surface area contributed by atoms with E-state index in [4.69, 9.17) is 19.9 Å². The maximum atomic E-state index is 13.6. The van der Waals surface area contributed by atoms with E-state index < -0.39 is 53.9 Å². The second-order valence-electron chi connectivity index (χ2n) is 10.9. The predicted octanol–water partition coefficient (Wildman–Crippen LogP) is 2.76. The summed E-state index contributed by atoms with van der Waals surface area (Å²) in [5.41, 5.74) is 6.63. The second kappa shape index (κ2) is 16.2. The highest BCUT2D eigenvalue weighted by Crippen LogP contribution is 2.29. The van der Waals surface area contributed by atoms with Gasteiger partial charge in [-0.1, -0.05) is 32.1 Å². The Balaban J connectivity index is 2.57. The van der Waals surface area contributed by atoms with Crippen LogP contribution in [-0.4, -0.2) is 73.9 Å². The summed E-state index contributed by atoms with van der Waals surface area (Å²) >= 11 is 0. The molecule has 0 fully saturated rings. The van der Waals surface area contributed by atoms with Crippen molar-refractivity contribution in [1.29, 1.82) is 0 Å². The van der Waals surface area contributed by atoms with Crippen LogP contribution in [0.2, 0.25) is 0 Å². The van der Waals surface area contributed by atoms with Gasteiger partial charge in [0.2, 0.25) is 11.6 Å². The van der Waals surface area contributed by atoms with E-state index in [1.165, 1.54) is 14.2 Å². The number of ether oxygens (including phenoxy) is 3. The molecular formula is C31H45N3O8. The Morgan fingerprint density at radius 2 is 1.86 bits per heavy atom. The summed E-state index contributed by atoms with van der Waals surface area (Å²) in [5.74, 6) is -2.03. The lowest BCUT2D eigenvalue weighted by molar-refractivity contribution is -0.120. The van der Waals surface area contributed by atoms with Crippen LogP contribution in [0, 0.1) is 11.8 Å². The standard InChI is InChI=1S/C31H45N3O8/c1-8-12-33-26-21-13-17(2)14-25(41-7)27(36)19(4)15-20(5)29(42-31(32)39)24(40-6)11-9-10-18(3)30(38)34-22(28(21)37)16-23(26)35/h8,10,15-17,19,24-25,27,29,33,36H,1,9,11-14H2,2-7H3,(H2,32,39)(H,34,38)/b18-10-,20-15+/t17-,19+,24-,25-,27-,29-/m0/s1. The Kier molecular flexibility index (Phi) is 13.4. The average molecular weight is 588 g/mol. The molecule has 0 saturated heterocycles. The number of hydrogen-bond donors (Lipinski definition) is 4. The van der Waals surface area contributed by atoms with Crippen molar-refractivity contribution in [2.24, 2.45) is 17.6 Å². The van der Waals surface area contributed by atoms with Gasteiger partial charge in [0.05, 0.1) is 29.7 Å². The van der Waals surface area contributed by atoms with Gasteiger partial charge in [0.1, 0.15) is 0 Å². The van der Waals surface area contributed by atoms with E-state index in [0.717, 1.165) is 6.08 Å². The van der Waals surface area contributed by atoms with Crippen molar-refractivity contribution in [2.75, 3.05) is 20.8 Å². The van der Waals surface area contributed by atoms with Gasteiger partial charge in [-0.3, -0.25) is 14.4 Å². The zero-order chi connectivity index (χ0) is 31.6. The van der Waals surface area contributed by atoms with Gasteiger partial charge in [0, 0.05) is 43.9 Å². The van der Waals surface area contributed by atoms with Crippen LogP contribution >= 0.6 is 0 Å². The van der Waals surface area contributed by atoms with Gasteiger partial charge >= 0.3 is 6.09 Å². The maximum Gasteiger partial charge on any atom is 0.405 e. The monoisotopic (exact) mass is 587 g/mol. The molecule has 2 bridgehead atoms. The SMILES string of the molecule is C=CCNC1=C2C[C@H](C)C[C@H](OC)[C@@H](O)[C@H](C)/C=C(\C)[C@H](OC(N)=O)[C@@H](OC)CC/C=C(/C)C(=O)NC(=CC1=O)C2=O. The van der Waals surface area contributed by atoms with Gasteiger partial charge in [-0.25, -0.2) is 4.79 Å². The topological polar surface area (TPSA) is 166 Å². The lowest BCUT2D eigenvalue weighted by atomic mass is 9.85. The molecule has 11 heteroatoms. The molecule has 0 spiro atoms. The average Bonchev–Trinajstić information content (AvgIpc) is 2.94. The molecule has 6 atom stereocenters. The van der Waals surface area contributed by atoms with Gasteiger partial charge in [0.15, 0.2) is 6.10 Å². The number of nitrogens with two attached hydrogens (primary N) is 1. The quantitative estimate of drug-likeness (QED) is 0.270. The Morgan fingerprint density at radius 3 is 2.45 bits per heavy atom. The molecule has 0 aromatic carbocycles. The van der Waals surface area contributed by atoms with E-state index in [9.17, 15) is 24.3 Å². The van der Waals surface area contributed by atoms with E-state index in [1.807, 2.05) is 13.8 Å². The van der Waals surface area contributed by atoms with Gasteiger partial charge in [-0.15, -0.1) is 6.58 Å². The molecule has 0 radical (unpaired) electrons. The van der Waals surface area contributed by atoms with Crippen LogP contribution in [0.5, 0.6) is 0 Å². The fourth-order valence-electron chi connectivity index (χ4n) is 5.26. The number of carbonyl (C=O) groups is 4. The number of primary amides is 1. The maximum absolute atomic E-state index is 13.6. The van der Waals surface area contributed by atoms with Crippen molar-refractivity contribution in [1.82, 2.24) is 10.6 Å². The molecule has 0 aromatic rings. The van der Waals surface area contributed by atoms with Crippen LogP contribution < -0.4 is 16.4 Å². The van der Waals surface area contributed by atoms with Crippen molar-refractivity contribution in [3.8, 4) is 0 Å². The third-order valence-electron chi connectivity index (χ3n) is 7.54. The summed E-state index contributed by atoms with van der Waals surface area (Å²) in [7, 11) is 2.98. The highest BCUT2D eigenvalue weighted by atomic mass is 16.6. The van der Waals surface area contributed by atoms with Crippen molar-refractivity contribution >= 4 is 23.6 Å². The molecule has 42 heavy (non-hydrogen) atoms. The minimum Gasteiger partial charge on any atom is -0.439 e. The summed E-state index contributed by atoms with van der Waals surface area (Å²) < 4.78 is 16.7. The molecule has 2 amide bonds. The number of methoxy groups -OCH3 is 2. The number of ketones is 2. The minimum atomic E-state index is -0.967. The third kappa shape index (κ3) is 9.23. The molecule has 1 aliphatic carbocycles. The van der Waals surface area contributed by atoms with Crippen LogP contribution in [-0.2, 0) is 28.6 Å². The number of allylic oxidation sites excluding steroid dienone is 3. The summed E-state index contributed by atoms with van der Waals surface area (Å²) in [5, 5.41) is 16.8. The van der Waals surface area contributed by atoms with Crippen LogP contribution in [0.1, 0.15) is 53.4 Å². The number of aliphatic hydroxyl groups is 1. The largest absolute Gasteiger partial charge is 0.439 e. The van der Waals surface area contributed by atoms with Crippen molar-refractivity contribution in [3.05, 3.63) is 59.0 Å². The predicted molar refractivity (Wildman–Crippen MR) is 158 cm³/mol. The number of carbonyl (C=O) groups excluding carboxylic acids is 4. The first-order valence-electron chi connectivity index (χ1n) is 14.1. The number of rotatable bonds is 6. The van der Waals surface area contributed by atoms with Crippen molar-refractivity contribution in [2.45, 2.75) is 77.8 Å². The minimum absolute atomic E-state index is 0.108. The number of nitrogens with one attached hydrogen (secondary N) is 2. The molecule has 2 aliphatic rings. The van der Waals surface area contributed by atoms with E-state index in [-0.39, 0.29) is 35.9 Å². The highest BCUT2D eigenvalue weighted by molar-refractivity contribution is 6.23. The molecule has 1 aliphatic heterocycles. The van der Waals surface area contributed by atoms with Crippen LogP contribution in [0.3, 0.4) is 0 Å². The van der Waals surface area contributed by atoms with E-state index in [2.05, 4.69) is 17.2 Å². The smallest absolute Gasteiger partial charge is 0.405 e. The van der Waals surface area contributed by atoms with Crippen molar-refractivity contribution in [3.63, 3.8) is 0 Å². The molecule has 0 aromatic heterocycles. The summed E-state index contributed by atoms with van der Waals surface area (Å²) in [6, 6.07) is 0. The number of fused-ring (bicyclic) bond motifs is 2. The van der Waals surface area contributed by atoms with Gasteiger partial charge in [0.25, 0.3) is 5.91 Å². The first-order chi connectivity index (χ1) is 19.8. The molecule has 0 saturated carbocycles. The van der Waals surface area contributed by atoms with Gasteiger partial charge in [-0.05, 0) is 51.0 Å².